The lowest BCUT2D eigenvalue weighted by molar-refractivity contribution is 0.297. The number of benzene rings is 1. The van der Waals surface area contributed by atoms with Gasteiger partial charge in [-0.15, -0.1) is 0 Å². The van der Waals surface area contributed by atoms with E-state index in [1.165, 1.54) is 0 Å². The van der Waals surface area contributed by atoms with Crippen LogP contribution in [0.25, 0.3) is 5.65 Å². The van der Waals surface area contributed by atoms with Gasteiger partial charge in [0.05, 0.1) is 5.69 Å². The summed E-state index contributed by atoms with van der Waals surface area (Å²) >= 11 is 3.46. The van der Waals surface area contributed by atoms with Gasteiger partial charge in [-0.25, -0.2) is 4.98 Å². The highest BCUT2D eigenvalue weighted by Crippen LogP contribution is 2.28. The van der Waals surface area contributed by atoms with Crippen molar-refractivity contribution in [3.63, 3.8) is 0 Å². The monoisotopic (exact) mass is 345 g/mol. The first kappa shape index (κ1) is 14.1. The summed E-state index contributed by atoms with van der Waals surface area (Å²) in [6.45, 7) is 2.36. The molecule has 0 aliphatic heterocycles. The van der Waals surface area contributed by atoms with E-state index < -0.39 is 0 Å². The lowest BCUT2D eigenvalue weighted by Crippen LogP contribution is -2.08. The van der Waals surface area contributed by atoms with Gasteiger partial charge in [0.15, 0.2) is 0 Å². The molecule has 0 unspecified atom stereocenters. The van der Waals surface area contributed by atoms with Gasteiger partial charge in [0.2, 0.25) is 0 Å². The second kappa shape index (κ2) is 5.87. The largest absolute Gasteiger partial charge is 0.487 e. The van der Waals surface area contributed by atoms with Gasteiger partial charge >= 0.3 is 0 Å². The Hall–Kier alpha value is -1.85. The van der Waals surface area contributed by atoms with Crippen molar-refractivity contribution in [3.05, 3.63) is 64.5 Å². The summed E-state index contributed by atoms with van der Waals surface area (Å²) in [7, 11) is 0. The van der Waals surface area contributed by atoms with Crippen LogP contribution in [0.3, 0.4) is 0 Å². The maximum absolute atomic E-state index is 5.98. The van der Waals surface area contributed by atoms with Crippen LogP contribution in [-0.4, -0.2) is 9.38 Å². The van der Waals surface area contributed by atoms with Gasteiger partial charge in [-0.05, 0) is 31.2 Å². The van der Waals surface area contributed by atoms with Gasteiger partial charge in [-0.2, -0.15) is 0 Å². The first-order valence-electron chi connectivity index (χ1n) is 6.74. The Kier molecular flexibility index (Phi) is 3.94. The minimum absolute atomic E-state index is 0.0748. The molecule has 21 heavy (non-hydrogen) atoms. The number of halogens is 1. The third-order valence-corrected chi connectivity index (χ3v) is 3.75. The van der Waals surface area contributed by atoms with E-state index in [4.69, 9.17) is 10.5 Å². The van der Waals surface area contributed by atoms with Gasteiger partial charge < -0.3 is 14.9 Å². The molecule has 0 saturated heterocycles. The van der Waals surface area contributed by atoms with E-state index in [9.17, 15) is 0 Å². The number of rotatable bonds is 4. The molecule has 0 fully saturated rings. The third kappa shape index (κ3) is 3.09. The number of nitrogens with zero attached hydrogens (tertiary/aromatic N) is 2. The first-order valence-corrected chi connectivity index (χ1v) is 7.53. The molecule has 0 radical (unpaired) electrons. The topological polar surface area (TPSA) is 52.5 Å². The zero-order chi connectivity index (χ0) is 14.8. The highest BCUT2D eigenvalue weighted by atomic mass is 79.9. The summed E-state index contributed by atoms with van der Waals surface area (Å²) in [5.74, 6) is 0.788. The van der Waals surface area contributed by atoms with Crippen LogP contribution in [0.1, 0.15) is 24.2 Å². The predicted octanol–water partition coefficient (Wildman–Crippen LogP) is 3.70. The Morgan fingerprint density at radius 1 is 1.33 bits per heavy atom. The van der Waals surface area contributed by atoms with Crippen molar-refractivity contribution in [1.82, 2.24) is 9.38 Å². The molecule has 0 spiro atoms. The molecule has 2 heterocycles. The molecule has 2 aromatic heterocycles. The van der Waals surface area contributed by atoms with Crippen LogP contribution in [0.5, 0.6) is 5.75 Å². The van der Waals surface area contributed by atoms with Gasteiger partial charge in [0, 0.05) is 28.5 Å². The number of hydrogen-bond acceptors (Lipinski definition) is 3. The van der Waals surface area contributed by atoms with E-state index in [-0.39, 0.29) is 6.04 Å². The molecule has 5 heteroatoms. The molecule has 1 atom stereocenters. The Bertz CT molecular complexity index is 734. The molecule has 0 amide bonds. The first-order chi connectivity index (χ1) is 10.1. The molecular formula is C16H16BrN3O. The molecule has 1 aromatic carbocycles. The molecule has 4 nitrogen and oxygen atoms in total. The predicted molar refractivity (Wildman–Crippen MR) is 86.3 cm³/mol. The minimum Gasteiger partial charge on any atom is -0.487 e. The number of pyridine rings is 1. The summed E-state index contributed by atoms with van der Waals surface area (Å²) in [5.41, 5.74) is 8.77. The number of imidazole rings is 1. The van der Waals surface area contributed by atoms with E-state index >= 15 is 0 Å². The van der Waals surface area contributed by atoms with Crippen LogP contribution >= 0.6 is 15.9 Å². The van der Waals surface area contributed by atoms with Crippen molar-refractivity contribution in [2.24, 2.45) is 5.73 Å². The van der Waals surface area contributed by atoms with Crippen LogP contribution in [0.2, 0.25) is 0 Å². The number of hydrogen-bond donors (Lipinski definition) is 1. The van der Waals surface area contributed by atoms with Crippen molar-refractivity contribution in [2.45, 2.75) is 19.6 Å². The zero-order valence-electron chi connectivity index (χ0n) is 11.7. The highest BCUT2D eigenvalue weighted by Gasteiger charge is 2.10. The van der Waals surface area contributed by atoms with E-state index in [1.807, 2.05) is 60.1 Å². The quantitative estimate of drug-likeness (QED) is 0.784. The van der Waals surface area contributed by atoms with Gasteiger partial charge in [-0.3, -0.25) is 0 Å². The summed E-state index contributed by atoms with van der Waals surface area (Å²) in [6, 6.07) is 11.7. The van der Waals surface area contributed by atoms with Crippen LogP contribution in [0.15, 0.2) is 53.3 Å². The highest BCUT2D eigenvalue weighted by molar-refractivity contribution is 9.10. The van der Waals surface area contributed by atoms with E-state index in [0.29, 0.717) is 6.61 Å². The standard InChI is InChI=1S/C16H16BrN3O/c1-11(18)14-6-5-12(17)8-15(14)21-10-13-9-20-7-3-2-4-16(20)19-13/h2-9,11H,10,18H2,1H3/t11-/m1/s1. The van der Waals surface area contributed by atoms with Crippen LogP contribution in [-0.2, 0) is 6.61 Å². The Morgan fingerprint density at radius 2 is 2.19 bits per heavy atom. The van der Waals surface area contributed by atoms with Crippen LogP contribution < -0.4 is 10.5 Å². The Labute approximate surface area is 131 Å². The number of fused-ring (bicyclic) bond motifs is 1. The SMILES string of the molecule is C[C@@H](N)c1ccc(Br)cc1OCc1cn2ccccc2n1. The summed E-state index contributed by atoms with van der Waals surface area (Å²) in [6.07, 6.45) is 3.94. The van der Waals surface area contributed by atoms with E-state index in [0.717, 1.165) is 27.1 Å². The molecule has 108 valence electrons. The fraction of sp³-hybridized carbons (Fsp3) is 0.188. The van der Waals surface area contributed by atoms with Crippen molar-refractivity contribution in [3.8, 4) is 5.75 Å². The lowest BCUT2D eigenvalue weighted by Gasteiger charge is -2.13. The van der Waals surface area contributed by atoms with Crippen LogP contribution in [0.4, 0.5) is 0 Å². The Morgan fingerprint density at radius 3 is 2.95 bits per heavy atom. The molecule has 0 aliphatic rings. The zero-order valence-corrected chi connectivity index (χ0v) is 13.2. The van der Waals surface area contributed by atoms with Crippen molar-refractivity contribution in [1.29, 1.82) is 0 Å². The summed E-state index contributed by atoms with van der Waals surface area (Å²) in [5, 5.41) is 0. The molecule has 3 aromatic rings. The molecule has 3 rings (SSSR count). The maximum Gasteiger partial charge on any atom is 0.137 e. The average molecular weight is 346 g/mol. The Balaban J connectivity index is 1.82. The second-order valence-electron chi connectivity index (χ2n) is 4.96. The number of ether oxygens (including phenoxy) is 1. The van der Waals surface area contributed by atoms with Crippen molar-refractivity contribution < 1.29 is 4.74 Å². The van der Waals surface area contributed by atoms with Gasteiger partial charge in [0.25, 0.3) is 0 Å². The summed E-state index contributed by atoms with van der Waals surface area (Å²) in [4.78, 5) is 4.52. The second-order valence-corrected chi connectivity index (χ2v) is 5.87. The van der Waals surface area contributed by atoms with E-state index in [1.54, 1.807) is 0 Å². The molecular weight excluding hydrogens is 330 g/mol. The average Bonchev–Trinajstić information content (AvgIpc) is 2.87. The van der Waals surface area contributed by atoms with Crippen molar-refractivity contribution >= 4 is 21.6 Å². The minimum atomic E-state index is -0.0748. The number of aromatic nitrogens is 2. The normalized spacial score (nSPS) is 12.5. The van der Waals surface area contributed by atoms with Gasteiger partial charge in [0.1, 0.15) is 18.0 Å². The third-order valence-electron chi connectivity index (χ3n) is 3.26. The molecule has 2 N–H and O–H groups in total. The van der Waals surface area contributed by atoms with Gasteiger partial charge in [-0.1, -0.05) is 28.1 Å². The lowest BCUT2D eigenvalue weighted by atomic mass is 10.1. The molecule has 0 aliphatic carbocycles. The number of nitrogens with two attached hydrogens (primary N) is 1. The molecule has 0 saturated carbocycles. The van der Waals surface area contributed by atoms with Crippen LogP contribution in [0, 0.1) is 0 Å². The smallest absolute Gasteiger partial charge is 0.137 e. The fourth-order valence-corrected chi connectivity index (χ4v) is 2.56. The van der Waals surface area contributed by atoms with E-state index in [2.05, 4.69) is 20.9 Å². The summed E-state index contributed by atoms with van der Waals surface area (Å²) < 4.78 is 8.86. The maximum atomic E-state index is 5.98. The molecule has 0 bridgehead atoms. The fourth-order valence-electron chi connectivity index (χ4n) is 2.22. The van der Waals surface area contributed by atoms with Crippen molar-refractivity contribution in [2.75, 3.05) is 0 Å².